The highest BCUT2D eigenvalue weighted by molar-refractivity contribution is 5.76. The summed E-state index contributed by atoms with van der Waals surface area (Å²) in [6, 6.07) is 6.87. The SMILES string of the molecule is CC(=O)CC(C)(C)Cc1ccc2c(c1)CCC2. The van der Waals surface area contributed by atoms with Crippen LogP contribution in [0.25, 0.3) is 0 Å². The fourth-order valence-electron chi connectivity index (χ4n) is 3.02. The van der Waals surface area contributed by atoms with Crippen LogP contribution in [-0.4, -0.2) is 5.78 Å². The second-order valence-corrected chi connectivity index (χ2v) is 6.18. The van der Waals surface area contributed by atoms with Gasteiger partial charge in [-0.1, -0.05) is 32.0 Å². The summed E-state index contributed by atoms with van der Waals surface area (Å²) in [5, 5.41) is 0. The maximum absolute atomic E-state index is 11.2. The molecule has 0 unspecified atom stereocenters. The van der Waals surface area contributed by atoms with Gasteiger partial charge >= 0.3 is 0 Å². The summed E-state index contributed by atoms with van der Waals surface area (Å²) in [4.78, 5) is 11.2. The van der Waals surface area contributed by atoms with Crippen molar-refractivity contribution in [2.45, 2.75) is 52.9 Å². The van der Waals surface area contributed by atoms with Crippen LogP contribution in [-0.2, 0) is 24.1 Å². The van der Waals surface area contributed by atoms with E-state index in [0.29, 0.717) is 6.42 Å². The minimum absolute atomic E-state index is 0.0820. The van der Waals surface area contributed by atoms with Crippen LogP contribution in [0.4, 0.5) is 0 Å². The molecule has 17 heavy (non-hydrogen) atoms. The number of Topliss-reactive ketones (excluding diaryl/α,β-unsaturated/α-hetero) is 1. The molecule has 1 aromatic carbocycles. The van der Waals surface area contributed by atoms with Crippen molar-refractivity contribution in [2.24, 2.45) is 5.41 Å². The molecular formula is C16H22O. The first-order valence-corrected chi connectivity index (χ1v) is 6.56. The number of carbonyl (C=O) groups is 1. The Morgan fingerprint density at radius 2 is 1.94 bits per heavy atom. The normalized spacial score (nSPS) is 14.8. The Labute approximate surface area is 104 Å². The lowest BCUT2D eigenvalue weighted by Crippen LogP contribution is -2.18. The predicted octanol–water partition coefficient (Wildman–Crippen LogP) is 3.72. The lowest BCUT2D eigenvalue weighted by atomic mass is 9.81. The van der Waals surface area contributed by atoms with E-state index in [9.17, 15) is 4.79 Å². The van der Waals surface area contributed by atoms with E-state index in [2.05, 4.69) is 32.0 Å². The summed E-state index contributed by atoms with van der Waals surface area (Å²) >= 11 is 0. The van der Waals surface area contributed by atoms with Crippen LogP contribution in [0, 0.1) is 5.41 Å². The number of benzene rings is 1. The van der Waals surface area contributed by atoms with Gasteiger partial charge in [-0.3, -0.25) is 0 Å². The molecule has 0 saturated heterocycles. The zero-order chi connectivity index (χ0) is 12.5. The lowest BCUT2D eigenvalue weighted by molar-refractivity contribution is -0.118. The molecule has 0 N–H and O–H groups in total. The predicted molar refractivity (Wildman–Crippen MR) is 71.3 cm³/mol. The molecule has 1 aliphatic carbocycles. The van der Waals surface area contributed by atoms with Crippen LogP contribution >= 0.6 is 0 Å². The van der Waals surface area contributed by atoms with E-state index in [1.54, 1.807) is 6.92 Å². The molecule has 0 amide bonds. The number of fused-ring (bicyclic) bond motifs is 1. The van der Waals surface area contributed by atoms with Gasteiger partial charge < -0.3 is 4.79 Å². The van der Waals surface area contributed by atoms with Gasteiger partial charge in [0, 0.05) is 6.42 Å². The van der Waals surface area contributed by atoms with Crippen molar-refractivity contribution in [3.8, 4) is 0 Å². The quantitative estimate of drug-likeness (QED) is 0.770. The Bertz CT molecular complexity index is 429. The van der Waals surface area contributed by atoms with Crippen molar-refractivity contribution in [3.63, 3.8) is 0 Å². The molecule has 0 spiro atoms. The van der Waals surface area contributed by atoms with E-state index in [1.807, 2.05) is 0 Å². The molecule has 1 nitrogen and oxygen atoms in total. The highest BCUT2D eigenvalue weighted by Crippen LogP contribution is 2.29. The van der Waals surface area contributed by atoms with Crippen LogP contribution in [0.5, 0.6) is 0 Å². The molecule has 92 valence electrons. The maximum atomic E-state index is 11.2. The Hall–Kier alpha value is -1.11. The third-order valence-corrected chi connectivity index (χ3v) is 3.57. The first kappa shape index (κ1) is 12.3. The summed E-state index contributed by atoms with van der Waals surface area (Å²) in [5.41, 5.74) is 4.52. The van der Waals surface area contributed by atoms with Crippen LogP contribution < -0.4 is 0 Å². The number of ketones is 1. The van der Waals surface area contributed by atoms with Crippen LogP contribution in [0.3, 0.4) is 0 Å². The molecule has 1 heteroatoms. The van der Waals surface area contributed by atoms with Gasteiger partial charge in [-0.2, -0.15) is 0 Å². The number of aryl methyl sites for hydroxylation is 2. The van der Waals surface area contributed by atoms with E-state index in [0.717, 1.165) is 6.42 Å². The number of rotatable bonds is 4. The average molecular weight is 230 g/mol. The standard InChI is InChI=1S/C16H22O/c1-12(17)10-16(2,3)11-13-7-8-14-5-4-6-15(14)9-13/h7-9H,4-6,10-11H2,1-3H3. The molecular weight excluding hydrogens is 208 g/mol. The van der Waals surface area contributed by atoms with Crippen molar-refractivity contribution in [2.75, 3.05) is 0 Å². The fraction of sp³-hybridized carbons (Fsp3) is 0.562. The Morgan fingerprint density at radius 3 is 2.65 bits per heavy atom. The van der Waals surface area contributed by atoms with Gasteiger partial charge in [0.1, 0.15) is 5.78 Å². The smallest absolute Gasteiger partial charge is 0.130 e. The van der Waals surface area contributed by atoms with Crippen molar-refractivity contribution in [1.29, 1.82) is 0 Å². The maximum Gasteiger partial charge on any atom is 0.130 e. The van der Waals surface area contributed by atoms with Crippen molar-refractivity contribution in [3.05, 3.63) is 34.9 Å². The molecule has 0 fully saturated rings. The first-order chi connectivity index (χ1) is 7.96. The monoisotopic (exact) mass is 230 g/mol. The molecule has 0 saturated carbocycles. The molecule has 2 rings (SSSR count). The largest absolute Gasteiger partial charge is 0.300 e. The molecule has 1 aliphatic rings. The third-order valence-electron chi connectivity index (χ3n) is 3.57. The summed E-state index contributed by atoms with van der Waals surface area (Å²) < 4.78 is 0. The Morgan fingerprint density at radius 1 is 1.24 bits per heavy atom. The fourth-order valence-corrected chi connectivity index (χ4v) is 3.02. The average Bonchev–Trinajstić information content (AvgIpc) is 2.61. The van der Waals surface area contributed by atoms with E-state index < -0.39 is 0 Å². The molecule has 0 radical (unpaired) electrons. The van der Waals surface area contributed by atoms with Crippen molar-refractivity contribution in [1.82, 2.24) is 0 Å². The first-order valence-electron chi connectivity index (χ1n) is 6.56. The van der Waals surface area contributed by atoms with Crippen LogP contribution in [0.2, 0.25) is 0 Å². The highest BCUT2D eigenvalue weighted by Gasteiger charge is 2.21. The third kappa shape index (κ3) is 3.18. The van der Waals surface area contributed by atoms with Crippen molar-refractivity contribution >= 4 is 5.78 Å². The minimum Gasteiger partial charge on any atom is -0.300 e. The summed E-state index contributed by atoms with van der Waals surface area (Å²) in [5.74, 6) is 0.288. The molecule has 0 heterocycles. The number of hydrogen-bond acceptors (Lipinski definition) is 1. The summed E-state index contributed by atoms with van der Waals surface area (Å²) in [6.07, 6.45) is 5.45. The lowest BCUT2D eigenvalue weighted by Gasteiger charge is -2.23. The van der Waals surface area contributed by atoms with Gasteiger partial charge in [0.25, 0.3) is 0 Å². The van der Waals surface area contributed by atoms with Crippen LogP contribution in [0.15, 0.2) is 18.2 Å². The minimum atomic E-state index is 0.0820. The van der Waals surface area contributed by atoms with Gasteiger partial charge in [-0.15, -0.1) is 0 Å². The molecule has 0 bridgehead atoms. The highest BCUT2D eigenvalue weighted by atomic mass is 16.1. The second-order valence-electron chi connectivity index (χ2n) is 6.18. The Kier molecular flexibility index (Phi) is 3.37. The van der Waals surface area contributed by atoms with E-state index in [-0.39, 0.29) is 11.2 Å². The van der Waals surface area contributed by atoms with E-state index in [1.165, 1.54) is 36.0 Å². The van der Waals surface area contributed by atoms with Gasteiger partial charge in [0.2, 0.25) is 0 Å². The molecule has 1 aromatic rings. The molecule has 0 aliphatic heterocycles. The molecule has 0 atom stereocenters. The molecule has 0 aromatic heterocycles. The van der Waals surface area contributed by atoms with Crippen molar-refractivity contribution < 1.29 is 4.79 Å². The van der Waals surface area contributed by atoms with Gasteiger partial charge in [-0.25, -0.2) is 0 Å². The number of carbonyl (C=O) groups excluding carboxylic acids is 1. The second kappa shape index (κ2) is 4.64. The van der Waals surface area contributed by atoms with Crippen LogP contribution in [0.1, 0.15) is 50.3 Å². The van der Waals surface area contributed by atoms with E-state index in [4.69, 9.17) is 0 Å². The van der Waals surface area contributed by atoms with Gasteiger partial charge in [-0.05, 0) is 54.7 Å². The Balaban J connectivity index is 2.11. The topological polar surface area (TPSA) is 17.1 Å². The zero-order valence-corrected chi connectivity index (χ0v) is 11.2. The zero-order valence-electron chi connectivity index (χ0n) is 11.2. The van der Waals surface area contributed by atoms with E-state index >= 15 is 0 Å². The van der Waals surface area contributed by atoms with Gasteiger partial charge in [0.15, 0.2) is 0 Å². The number of hydrogen-bond donors (Lipinski definition) is 0. The summed E-state index contributed by atoms with van der Waals surface area (Å²) in [7, 11) is 0. The summed E-state index contributed by atoms with van der Waals surface area (Å²) in [6.45, 7) is 6.05. The van der Waals surface area contributed by atoms with Gasteiger partial charge in [0.05, 0.1) is 0 Å².